The second-order valence-corrected chi connectivity index (χ2v) is 34.4. The molecule has 10 atom stereocenters. The predicted octanol–water partition coefficient (Wildman–Crippen LogP) is 5.07. The zero-order valence-corrected chi connectivity index (χ0v) is 64.0. The first kappa shape index (κ1) is 80.7. The maximum Gasteiger partial charge on any atom is 0.410 e. The van der Waals surface area contributed by atoms with Crippen LogP contribution in [0.15, 0.2) is 91.1 Å². The van der Waals surface area contributed by atoms with E-state index in [1.807, 2.05) is 59.0 Å². The average molecular weight is 1590 g/mol. The molecule has 1 saturated heterocycles. The summed E-state index contributed by atoms with van der Waals surface area (Å²) in [5, 5.41) is 85.1. The van der Waals surface area contributed by atoms with E-state index in [0.717, 1.165) is 81.1 Å². The topological polar surface area (TPSA) is 450 Å². The fourth-order valence-corrected chi connectivity index (χ4v) is 20.0. The number of carboxylic acid groups (broad SMARTS) is 2. The highest BCUT2D eigenvalue weighted by molar-refractivity contribution is 7.85. The monoisotopic (exact) mass is 1590 g/mol. The molecule has 5 saturated carbocycles. The molecular formula is C78H94N10O22S2. The van der Waals surface area contributed by atoms with Crippen molar-refractivity contribution in [1.82, 2.24) is 39.8 Å². The number of aliphatic hydroxyl groups excluding tert-OH is 5. The Hall–Kier alpha value is -9.36. The number of aliphatic hydroxyl groups is 5. The van der Waals surface area contributed by atoms with E-state index in [9.17, 15) is 82.5 Å². The number of benzene rings is 3. The van der Waals surface area contributed by atoms with Gasteiger partial charge in [0.1, 0.15) is 42.5 Å². The van der Waals surface area contributed by atoms with Gasteiger partial charge in [-0.15, -0.1) is 0 Å². The van der Waals surface area contributed by atoms with Crippen molar-refractivity contribution in [2.45, 2.75) is 172 Å². The molecule has 0 spiro atoms. The number of imide groups is 1. The largest absolute Gasteiger partial charge is 0.487 e. The summed E-state index contributed by atoms with van der Waals surface area (Å²) in [6.45, 7) is 5.86. The quantitative estimate of drug-likeness (QED) is 0.0146. The molecule has 112 heavy (non-hydrogen) atoms. The number of ether oxygens (including phenoxy) is 4. The fourth-order valence-electron chi connectivity index (χ4n) is 18.9. The van der Waals surface area contributed by atoms with Gasteiger partial charge in [-0.3, -0.25) is 48.2 Å². The lowest BCUT2D eigenvalue weighted by Crippen LogP contribution is -2.64. The minimum absolute atomic E-state index is 0.0116. The summed E-state index contributed by atoms with van der Waals surface area (Å²) < 4.78 is 59.5. The third-order valence-electron chi connectivity index (χ3n) is 23.0. The lowest BCUT2D eigenvalue weighted by molar-refractivity contribution is -0.248. The molecule has 6 heterocycles. The van der Waals surface area contributed by atoms with Gasteiger partial charge in [-0.2, -0.15) is 13.5 Å². The summed E-state index contributed by atoms with van der Waals surface area (Å²) >= 11 is 1.39. The molecule has 5 aliphatic carbocycles. The predicted molar refractivity (Wildman–Crippen MR) is 403 cm³/mol. The molecule has 6 fully saturated rings. The number of rotatable bonds is 33. The zero-order chi connectivity index (χ0) is 79.8. The molecule has 3 aliphatic heterocycles. The molecule has 34 heteroatoms. The third-order valence-corrected chi connectivity index (χ3v) is 24.6. The van der Waals surface area contributed by atoms with Crippen LogP contribution in [0, 0.1) is 29.1 Å². The Kier molecular flexibility index (Phi) is 23.8. The number of anilines is 2. The number of unbranched alkanes of at least 4 members (excludes halogenated alkanes) is 1. The number of nitrogens with one attached hydrogen (secondary N) is 2. The van der Waals surface area contributed by atoms with Crippen LogP contribution in [-0.2, 0) is 80.8 Å². The number of nitrogens with zero attached hydrogens (tertiary/aromatic N) is 8. The molecule has 6 amide bonds. The Morgan fingerprint density at radius 3 is 2.32 bits per heavy atom. The molecular weight excluding hydrogens is 1490 g/mol. The summed E-state index contributed by atoms with van der Waals surface area (Å²) in [4.78, 5) is 121. The van der Waals surface area contributed by atoms with E-state index in [-0.39, 0.29) is 84.8 Å². The minimum atomic E-state index is -4.37. The lowest BCUT2D eigenvalue weighted by Gasteiger charge is -2.69. The number of amides is 6. The molecule has 2 unspecified atom stereocenters. The maximum absolute atomic E-state index is 14.5. The summed E-state index contributed by atoms with van der Waals surface area (Å²) in [5.41, 5.74) is 4.53. The highest BCUT2D eigenvalue weighted by Gasteiger charge is 2.66. The number of carbonyl (C=O) groups is 8. The number of likely N-dealkylation sites (tertiary alicyclic amines) is 1. The van der Waals surface area contributed by atoms with Gasteiger partial charge in [0.25, 0.3) is 27.8 Å². The van der Waals surface area contributed by atoms with E-state index in [1.54, 1.807) is 36.5 Å². The van der Waals surface area contributed by atoms with Crippen LogP contribution in [0.5, 0.6) is 5.75 Å². The van der Waals surface area contributed by atoms with Gasteiger partial charge in [0.15, 0.2) is 10.8 Å². The van der Waals surface area contributed by atoms with Gasteiger partial charge in [0.2, 0.25) is 11.8 Å². The van der Waals surface area contributed by atoms with E-state index < -0.39 is 144 Å². The number of para-hydroxylation sites is 1. The van der Waals surface area contributed by atoms with Crippen molar-refractivity contribution in [3.8, 4) is 16.9 Å². The number of hydrogen-bond donors (Lipinski definition) is 10. The Bertz CT molecular complexity index is 4690. The molecule has 10 N–H and O–H groups in total. The molecule has 6 aromatic rings. The number of aliphatic carboxylic acids is 1. The van der Waals surface area contributed by atoms with Gasteiger partial charge >= 0.3 is 18.0 Å². The molecule has 600 valence electrons. The number of thiazole rings is 1. The number of pyridine rings is 1. The lowest BCUT2D eigenvalue weighted by atomic mass is 9.39. The third kappa shape index (κ3) is 17.8. The molecule has 4 bridgehead atoms. The highest BCUT2D eigenvalue weighted by Crippen LogP contribution is 2.72. The number of aryl methyl sites for hydroxylation is 1. The van der Waals surface area contributed by atoms with E-state index >= 15 is 0 Å². The van der Waals surface area contributed by atoms with Crippen molar-refractivity contribution in [1.29, 1.82) is 0 Å². The van der Waals surface area contributed by atoms with Crippen LogP contribution in [0.3, 0.4) is 0 Å². The van der Waals surface area contributed by atoms with Gasteiger partial charge in [-0.1, -0.05) is 61.6 Å². The van der Waals surface area contributed by atoms with E-state index in [4.69, 9.17) is 33.6 Å². The number of carbonyl (C=O) groups excluding carboxylic acids is 6. The summed E-state index contributed by atoms with van der Waals surface area (Å²) in [7, 11) is -4.37. The normalized spacial score (nSPS) is 26.2. The molecule has 0 radical (unpaired) electrons. The average Bonchev–Trinajstić information content (AvgIpc) is 0.705. The van der Waals surface area contributed by atoms with Gasteiger partial charge in [0.05, 0.1) is 84.9 Å². The van der Waals surface area contributed by atoms with Gasteiger partial charge in [-0.05, 0) is 147 Å². The summed E-state index contributed by atoms with van der Waals surface area (Å²) in [5.74, 6) is -7.39. The van der Waals surface area contributed by atoms with E-state index in [0.29, 0.717) is 84.9 Å². The van der Waals surface area contributed by atoms with Gasteiger partial charge < -0.3 is 74.7 Å². The van der Waals surface area contributed by atoms with Crippen LogP contribution >= 0.6 is 11.3 Å². The van der Waals surface area contributed by atoms with Gasteiger partial charge in [-0.25, -0.2) is 19.6 Å². The van der Waals surface area contributed by atoms with Crippen molar-refractivity contribution in [3.05, 3.63) is 130 Å². The number of fused-ring (bicyclic) bond motifs is 2. The smallest absolute Gasteiger partial charge is 0.410 e. The Morgan fingerprint density at radius 1 is 0.839 bits per heavy atom. The SMILES string of the molecule is Cc1c(-c2ccc(N3CCc4cccc(C(=O)Nc5nc6ccccc6s5)c4C3)nc2C(=O)O)cnn1CC12CC3(C)CC(C)(C1)CC(OCCN(CC[C@H](O)CO)C(=O)OCc1ccc(CCCCNC(=O)CN4C(=O)[C@@H](N5C(=O)C=CC5=O)C[C@H]4COCCS(=O)(=O)O)cc1O[C@@H]1C[C@H](C(=O)O)[C@@H](O)[C@H](O)[C@H]1O)(C3)C2. The first-order valence-electron chi connectivity index (χ1n) is 37.7. The second kappa shape index (κ2) is 33.0. The summed E-state index contributed by atoms with van der Waals surface area (Å²) in [6, 6.07) is 19.8. The van der Waals surface area contributed by atoms with Crippen molar-refractivity contribution >= 4 is 90.2 Å². The highest BCUT2D eigenvalue weighted by atomic mass is 32.2. The van der Waals surface area contributed by atoms with Crippen LogP contribution in [-0.4, -0.2) is 244 Å². The van der Waals surface area contributed by atoms with Crippen LogP contribution in [0.25, 0.3) is 21.3 Å². The van der Waals surface area contributed by atoms with E-state index in [1.165, 1.54) is 16.2 Å². The Morgan fingerprint density at radius 2 is 1.60 bits per heavy atom. The number of aromatic carboxylic acids is 1. The minimum Gasteiger partial charge on any atom is -0.487 e. The van der Waals surface area contributed by atoms with Crippen molar-refractivity contribution in [2.24, 2.45) is 22.2 Å². The fraction of sp³-hybridized carbons (Fsp3) is 0.526. The Labute approximate surface area is 649 Å². The maximum atomic E-state index is 14.5. The van der Waals surface area contributed by atoms with Crippen molar-refractivity contribution in [2.75, 3.05) is 75.1 Å². The first-order valence-corrected chi connectivity index (χ1v) is 40.1. The van der Waals surface area contributed by atoms with Crippen molar-refractivity contribution in [3.63, 3.8) is 0 Å². The second-order valence-electron chi connectivity index (χ2n) is 31.8. The zero-order valence-electron chi connectivity index (χ0n) is 62.4. The standard InChI is InChI=1S/C78H94N10O22S2/c1-45-54(51-16-17-61(82-65(51)72(101)102)85-23-20-47-10-8-11-52(55(47)33-85)69(97)83-73-81-56-12-4-5-13-60(56)111-73)32-80-87(45)44-77-39-75(2)38-76(3,40-77)42-78(41-75,43-77)109-26-25-84(24-21-50(90)35-89)74(103)108-36-48-15-14-46(29-58(48)110-59-31-53(71(99)100)66(94)68(96)67(59)95)9-6-7-22-79-62(91)34-86-49(37-107-27-28-112(104,105)106)30-57(70(86)98)88-63(92)18-19-64(88)93/h4-5,8,10-19,29,32,49-50,53,57,59,66-68,89-90,94-96H,6-7,9,20-28,30-31,33-44H2,1-3H3,(H,79,91)(H,99,100)(H,101,102)(H,81,83,97)(H,104,105,106)/t49-,50-,53-,57-,59+,66+,67-,68-,75?,76?,77?,78?/m0/s1. The van der Waals surface area contributed by atoms with Crippen LogP contribution in [0.1, 0.15) is 133 Å². The first-order chi connectivity index (χ1) is 53.3. The van der Waals surface area contributed by atoms with Crippen LogP contribution in [0.2, 0.25) is 0 Å². The molecule has 3 aromatic heterocycles. The van der Waals surface area contributed by atoms with Gasteiger partial charge in [0, 0.05) is 92.2 Å². The Balaban J connectivity index is 0.654. The number of aromatic nitrogens is 4. The van der Waals surface area contributed by atoms with Crippen LogP contribution in [0.4, 0.5) is 15.7 Å². The van der Waals surface area contributed by atoms with Crippen molar-refractivity contribution < 1.29 is 106 Å². The van der Waals surface area contributed by atoms with E-state index in [2.05, 4.69) is 29.5 Å². The van der Waals surface area contributed by atoms with Crippen LogP contribution < -0.4 is 20.3 Å². The number of carboxylic acids is 2. The summed E-state index contributed by atoms with van der Waals surface area (Å²) in [6.07, 6.45) is 1.10. The number of hydrogen-bond acceptors (Lipinski definition) is 24. The molecule has 32 nitrogen and oxygen atoms in total. The molecule has 8 aliphatic rings. The molecule has 3 aromatic carbocycles. The molecule has 14 rings (SSSR count).